The first-order valence-electron chi connectivity index (χ1n) is 8.01. The highest BCUT2D eigenvalue weighted by molar-refractivity contribution is 6.00. The van der Waals surface area contributed by atoms with Gasteiger partial charge in [-0.1, -0.05) is 0 Å². The van der Waals surface area contributed by atoms with Crippen molar-refractivity contribution in [1.82, 2.24) is 24.5 Å². The van der Waals surface area contributed by atoms with Crippen molar-refractivity contribution >= 4 is 22.1 Å². The van der Waals surface area contributed by atoms with Crippen LogP contribution < -0.4 is 15.0 Å². The van der Waals surface area contributed by atoms with E-state index in [4.69, 9.17) is 4.74 Å². The second kappa shape index (κ2) is 6.63. The Morgan fingerprint density at radius 2 is 2.00 bits per heavy atom. The molecule has 0 aliphatic heterocycles. The molecule has 0 spiro atoms. The van der Waals surface area contributed by atoms with Gasteiger partial charge in [-0.15, -0.1) is 0 Å². The molecular weight excluding hydrogens is 360 g/mol. The summed E-state index contributed by atoms with van der Waals surface area (Å²) in [4.78, 5) is 28.4. The number of nitrogens with zero attached hydrogens (tertiary/aromatic N) is 4. The lowest BCUT2D eigenvalue weighted by Crippen LogP contribution is -2.20. The standard InChI is InChI=1S/C17H13F2N5O3/c1-2-26-17-20-7-11-12-13(22-8-21-12)15(25)24(14(11)23-17)9-3-5-10(6-4-9)27-16(18)19/h3-8,16H,2H2,1H3,(H,21,22). The number of rotatable bonds is 5. The van der Waals surface area contributed by atoms with E-state index in [0.29, 0.717) is 28.8 Å². The van der Waals surface area contributed by atoms with Crippen molar-refractivity contribution < 1.29 is 18.3 Å². The highest BCUT2D eigenvalue weighted by atomic mass is 19.3. The minimum atomic E-state index is -2.93. The molecule has 0 unspecified atom stereocenters. The van der Waals surface area contributed by atoms with E-state index >= 15 is 0 Å². The Kier molecular flexibility index (Phi) is 4.15. The van der Waals surface area contributed by atoms with Crippen molar-refractivity contribution in [3.8, 4) is 17.4 Å². The number of fused-ring (bicyclic) bond motifs is 3. The fourth-order valence-electron chi connectivity index (χ4n) is 2.78. The van der Waals surface area contributed by atoms with Crippen LogP contribution in [0.4, 0.5) is 8.78 Å². The molecule has 10 heteroatoms. The largest absolute Gasteiger partial charge is 0.464 e. The smallest absolute Gasteiger partial charge is 0.387 e. The number of imidazole rings is 1. The summed E-state index contributed by atoms with van der Waals surface area (Å²) in [5, 5.41) is 0.544. The zero-order valence-corrected chi connectivity index (χ0v) is 14.0. The fraction of sp³-hybridized carbons (Fsp3) is 0.176. The minimum absolute atomic E-state index is 0.0154. The van der Waals surface area contributed by atoms with Crippen LogP contribution in [-0.2, 0) is 0 Å². The normalized spacial score (nSPS) is 11.4. The molecule has 0 aliphatic rings. The molecular formula is C17H13F2N5O3. The molecule has 138 valence electrons. The monoisotopic (exact) mass is 373 g/mol. The zero-order valence-electron chi connectivity index (χ0n) is 14.0. The van der Waals surface area contributed by atoms with Crippen LogP contribution in [0.25, 0.3) is 27.8 Å². The number of benzene rings is 1. The summed E-state index contributed by atoms with van der Waals surface area (Å²) < 4.78 is 35.7. The van der Waals surface area contributed by atoms with Gasteiger partial charge in [-0.3, -0.25) is 9.36 Å². The van der Waals surface area contributed by atoms with E-state index in [2.05, 4.69) is 24.7 Å². The average Bonchev–Trinajstić information content (AvgIpc) is 3.13. The highest BCUT2D eigenvalue weighted by Crippen LogP contribution is 2.24. The van der Waals surface area contributed by atoms with Crippen LogP contribution in [0.1, 0.15) is 6.92 Å². The fourth-order valence-corrected chi connectivity index (χ4v) is 2.78. The summed E-state index contributed by atoms with van der Waals surface area (Å²) >= 11 is 0. The summed E-state index contributed by atoms with van der Waals surface area (Å²) in [6, 6.07) is 5.79. The number of ether oxygens (including phenoxy) is 2. The molecule has 0 saturated carbocycles. The minimum Gasteiger partial charge on any atom is -0.464 e. The number of alkyl halides is 2. The van der Waals surface area contributed by atoms with Gasteiger partial charge in [0.15, 0.2) is 5.65 Å². The van der Waals surface area contributed by atoms with Crippen molar-refractivity contribution in [3.63, 3.8) is 0 Å². The van der Waals surface area contributed by atoms with Gasteiger partial charge in [-0.2, -0.15) is 13.8 Å². The van der Waals surface area contributed by atoms with Crippen molar-refractivity contribution in [1.29, 1.82) is 0 Å². The van der Waals surface area contributed by atoms with Crippen molar-refractivity contribution in [3.05, 3.63) is 47.1 Å². The molecule has 1 N–H and O–H groups in total. The first kappa shape index (κ1) is 16.9. The van der Waals surface area contributed by atoms with Gasteiger partial charge in [0.1, 0.15) is 16.8 Å². The van der Waals surface area contributed by atoms with Crippen LogP contribution in [0.5, 0.6) is 11.8 Å². The van der Waals surface area contributed by atoms with Gasteiger partial charge >= 0.3 is 12.6 Å². The molecule has 0 amide bonds. The third kappa shape index (κ3) is 2.94. The third-order valence-corrected chi connectivity index (χ3v) is 3.86. The Morgan fingerprint density at radius 1 is 1.22 bits per heavy atom. The maximum absolute atomic E-state index is 13.0. The van der Waals surface area contributed by atoms with E-state index in [9.17, 15) is 13.6 Å². The summed E-state index contributed by atoms with van der Waals surface area (Å²) in [5.41, 5.74) is 1.04. The number of nitrogens with one attached hydrogen (secondary N) is 1. The Hall–Kier alpha value is -3.56. The summed E-state index contributed by atoms with van der Waals surface area (Å²) in [6.45, 7) is -0.776. The summed E-state index contributed by atoms with van der Waals surface area (Å²) in [5.74, 6) is -0.0154. The van der Waals surface area contributed by atoms with Gasteiger partial charge in [0.05, 0.1) is 24.0 Å². The molecule has 0 aliphatic carbocycles. The van der Waals surface area contributed by atoms with E-state index in [1.807, 2.05) is 0 Å². The number of aromatic amines is 1. The van der Waals surface area contributed by atoms with E-state index in [1.165, 1.54) is 41.4 Å². The van der Waals surface area contributed by atoms with Gasteiger partial charge in [0.25, 0.3) is 5.56 Å². The van der Waals surface area contributed by atoms with E-state index in [-0.39, 0.29) is 17.3 Å². The van der Waals surface area contributed by atoms with Gasteiger partial charge in [0.2, 0.25) is 0 Å². The highest BCUT2D eigenvalue weighted by Gasteiger charge is 2.17. The van der Waals surface area contributed by atoms with Crippen molar-refractivity contribution in [2.45, 2.75) is 13.5 Å². The molecule has 8 nitrogen and oxygen atoms in total. The van der Waals surface area contributed by atoms with E-state index in [0.717, 1.165) is 0 Å². The molecule has 0 fully saturated rings. The molecule has 4 rings (SSSR count). The molecule has 0 bridgehead atoms. The van der Waals surface area contributed by atoms with Crippen LogP contribution >= 0.6 is 0 Å². The Bertz CT molecular complexity index is 1170. The van der Waals surface area contributed by atoms with E-state index < -0.39 is 12.2 Å². The number of halogens is 2. The Labute approximate surface area is 150 Å². The number of aromatic nitrogens is 5. The number of hydrogen-bond donors (Lipinski definition) is 1. The van der Waals surface area contributed by atoms with Crippen LogP contribution in [0.15, 0.2) is 41.6 Å². The lowest BCUT2D eigenvalue weighted by Gasteiger charge is -2.12. The first-order valence-corrected chi connectivity index (χ1v) is 8.01. The predicted octanol–water partition coefficient (Wildman–Crippen LogP) is 2.66. The third-order valence-electron chi connectivity index (χ3n) is 3.86. The topological polar surface area (TPSA) is 94.9 Å². The zero-order chi connectivity index (χ0) is 19.0. The lowest BCUT2D eigenvalue weighted by molar-refractivity contribution is -0.0498. The summed E-state index contributed by atoms with van der Waals surface area (Å²) in [6.07, 6.45) is 2.94. The van der Waals surface area contributed by atoms with Crippen molar-refractivity contribution in [2.24, 2.45) is 0 Å². The van der Waals surface area contributed by atoms with Gasteiger partial charge in [0, 0.05) is 6.20 Å². The first-order chi connectivity index (χ1) is 13.1. The maximum Gasteiger partial charge on any atom is 0.387 e. The Balaban J connectivity index is 1.97. The molecule has 1 aromatic carbocycles. The van der Waals surface area contributed by atoms with E-state index in [1.54, 1.807) is 6.92 Å². The van der Waals surface area contributed by atoms with Crippen LogP contribution in [0.3, 0.4) is 0 Å². The van der Waals surface area contributed by atoms with Gasteiger partial charge < -0.3 is 14.5 Å². The second-order valence-electron chi connectivity index (χ2n) is 5.46. The second-order valence-corrected chi connectivity index (χ2v) is 5.46. The van der Waals surface area contributed by atoms with Gasteiger partial charge in [-0.25, -0.2) is 9.97 Å². The molecule has 0 atom stereocenters. The van der Waals surface area contributed by atoms with Crippen LogP contribution in [0, 0.1) is 0 Å². The van der Waals surface area contributed by atoms with Gasteiger partial charge in [-0.05, 0) is 31.2 Å². The van der Waals surface area contributed by atoms with Crippen molar-refractivity contribution in [2.75, 3.05) is 6.61 Å². The van der Waals surface area contributed by atoms with Crippen LogP contribution in [0.2, 0.25) is 0 Å². The average molecular weight is 373 g/mol. The molecule has 0 saturated heterocycles. The van der Waals surface area contributed by atoms with Crippen LogP contribution in [-0.4, -0.2) is 37.7 Å². The predicted molar refractivity (Wildman–Crippen MR) is 92.6 cm³/mol. The molecule has 27 heavy (non-hydrogen) atoms. The quantitative estimate of drug-likeness (QED) is 0.578. The number of pyridine rings is 1. The SMILES string of the molecule is CCOc1ncc2c3nc[nH]c3c(=O)n(-c3ccc(OC(F)F)cc3)c2n1. The summed E-state index contributed by atoms with van der Waals surface area (Å²) in [7, 11) is 0. The molecule has 3 heterocycles. The lowest BCUT2D eigenvalue weighted by atomic mass is 10.2. The molecule has 3 aromatic heterocycles. The number of H-pyrrole nitrogens is 1. The Morgan fingerprint density at radius 3 is 2.70 bits per heavy atom. The molecule has 4 aromatic rings. The number of hydrogen-bond acceptors (Lipinski definition) is 6. The maximum atomic E-state index is 13.0. The molecule has 0 radical (unpaired) electrons.